The summed E-state index contributed by atoms with van der Waals surface area (Å²) in [7, 11) is 3.09. The second kappa shape index (κ2) is 13.2. The summed E-state index contributed by atoms with van der Waals surface area (Å²) in [6.07, 6.45) is -0.715. The van der Waals surface area contributed by atoms with E-state index in [4.69, 9.17) is 25.2 Å². The van der Waals surface area contributed by atoms with E-state index in [0.717, 1.165) is 22.3 Å². The predicted octanol–water partition coefficient (Wildman–Crippen LogP) is 5.77. The number of anilines is 1. The van der Waals surface area contributed by atoms with Crippen LogP contribution in [-0.2, 0) is 18.6 Å². The maximum atomic E-state index is 13.7. The highest BCUT2D eigenvalue weighted by Gasteiger charge is 2.37. The number of hydrogen-bond donors (Lipinski definition) is 2. The van der Waals surface area contributed by atoms with Crippen LogP contribution in [0.3, 0.4) is 0 Å². The number of rotatable bonds is 10. The van der Waals surface area contributed by atoms with Crippen LogP contribution in [0.2, 0.25) is 0 Å². The van der Waals surface area contributed by atoms with Crippen LogP contribution in [0, 0.1) is 5.92 Å². The first kappa shape index (κ1) is 32.9. The monoisotopic (exact) mass is 681 g/mol. The fourth-order valence-electron chi connectivity index (χ4n) is 5.68. The summed E-state index contributed by atoms with van der Waals surface area (Å²) >= 11 is 6.13. The number of hydrogen-bond acceptors (Lipinski definition) is 9. The second-order valence-corrected chi connectivity index (χ2v) is 15.3. The molecule has 3 heterocycles. The summed E-state index contributed by atoms with van der Waals surface area (Å²) in [5.74, 6) is 0.167. The van der Waals surface area contributed by atoms with E-state index >= 15 is 0 Å². The van der Waals surface area contributed by atoms with Crippen molar-refractivity contribution in [3.8, 4) is 11.1 Å². The van der Waals surface area contributed by atoms with Crippen LogP contribution in [0.5, 0.6) is 0 Å². The number of carbonyl (C=O) groups excluding carboxylic acids is 1. The minimum absolute atomic E-state index is 0.0563. The fourth-order valence-corrected chi connectivity index (χ4v) is 6.43. The van der Waals surface area contributed by atoms with Gasteiger partial charge in [0, 0.05) is 11.6 Å². The Morgan fingerprint density at radius 3 is 2.45 bits per heavy atom. The summed E-state index contributed by atoms with van der Waals surface area (Å²) in [6, 6.07) is 16.2. The molecule has 3 unspecified atom stereocenters. The number of nitrogens with zero attached hydrogens (tertiary/aromatic N) is 5. The van der Waals surface area contributed by atoms with E-state index in [1.807, 2.05) is 38.1 Å². The van der Waals surface area contributed by atoms with Gasteiger partial charge in [0.15, 0.2) is 17.4 Å². The van der Waals surface area contributed by atoms with Crippen LogP contribution < -0.4 is 10.9 Å². The molecular formula is C32H37ClN7O6P. The molecule has 0 bridgehead atoms. The summed E-state index contributed by atoms with van der Waals surface area (Å²) < 4.78 is 33.5. The third kappa shape index (κ3) is 6.72. The molecule has 15 heteroatoms. The standard InChI is InChI=1S/C32H37ClN7O6P/c1-19(2)20(3)35-31-36-29-28(30(41)37-31)34-18-40(29)27-15-39(14-21(46-27)16-45-47(33,43)38(4)5)32(42)44-17-26-24-12-8-6-10-22(24)23-11-7-9-13-25(23)26/h6-13,18-19,21,26-27H,3,14-17H2,1-2,4-5H3,(H2,35,36,37,41). The molecule has 1 saturated heterocycles. The Bertz CT molecular complexity index is 1880. The molecule has 2 aromatic carbocycles. The first-order valence-corrected chi connectivity index (χ1v) is 17.7. The highest BCUT2D eigenvalue weighted by molar-refractivity contribution is 7.83. The van der Waals surface area contributed by atoms with Gasteiger partial charge in [-0.05, 0) is 53.5 Å². The Kier molecular flexibility index (Phi) is 9.28. The lowest BCUT2D eigenvalue weighted by molar-refractivity contribution is -0.124. The lowest BCUT2D eigenvalue weighted by Crippen LogP contribution is -2.50. The average Bonchev–Trinajstić information content (AvgIpc) is 3.62. The van der Waals surface area contributed by atoms with Crippen LogP contribution in [-0.4, -0.2) is 81.7 Å². The van der Waals surface area contributed by atoms with Gasteiger partial charge in [0.1, 0.15) is 12.7 Å². The van der Waals surface area contributed by atoms with Crippen molar-refractivity contribution < 1.29 is 23.4 Å². The zero-order valence-electron chi connectivity index (χ0n) is 26.6. The predicted molar refractivity (Wildman–Crippen MR) is 179 cm³/mol. The number of morpholine rings is 1. The molecule has 47 heavy (non-hydrogen) atoms. The number of fused-ring (bicyclic) bond motifs is 4. The lowest BCUT2D eigenvalue weighted by Gasteiger charge is -2.38. The van der Waals surface area contributed by atoms with E-state index < -0.39 is 30.9 Å². The van der Waals surface area contributed by atoms with Gasteiger partial charge in [0.2, 0.25) is 5.95 Å². The number of carbonyl (C=O) groups is 1. The highest BCUT2D eigenvalue weighted by Crippen LogP contribution is 2.54. The van der Waals surface area contributed by atoms with Crippen molar-refractivity contribution in [2.24, 2.45) is 5.92 Å². The number of H-pyrrole nitrogens is 1. The molecule has 0 radical (unpaired) electrons. The van der Waals surface area contributed by atoms with Gasteiger partial charge >= 0.3 is 13.0 Å². The van der Waals surface area contributed by atoms with E-state index in [2.05, 4.69) is 51.1 Å². The maximum Gasteiger partial charge on any atom is 0.410 e. The SMILES string of the molecule is C=C(Nc1nc2c(ncn2C2CN(C(=O)OCC3c4ccccc4-c4ccccc43)CC(COP(=O)(Cl)N(C)C)O2)c(=O)[nH]1)C(C)C. The molecule has 2 aliphatic rings. The molecular weight excluding hydrogens is 645 g/mol. The van der Waals surface area contributed by atoms with E-state index in [-0.39, 0.29) is 55.3 Å². The minimum Gasteiger partial charge on any atom is -0.448 e. The Morgan fingerprint density at radius 2 is 1.81 bits per heavy atom. The lowest BCUT2D eigenvalue weighted by atomic mass is 9.98. The van der Waals surface area contributed by atoms with Crippen molar-refractivity contribution in [2.45, 2.75) is 32.1 Å². The number of aromatic nitrogens is 4. The normalized spacial score (nSPS) is 19.1. The molecule has 1 fully saturated rings. The van der Waals surface area contributed by atoms with Crippen molar-refractivity contribution in [3.63, 3.8) is 0 Å². The van der Waals surface area contributed by atoms with E-state index in [1.54, 1.807) is 18.7 Å². The first-order valence-electron chi connectivity index (χ1n) is 15.2. The summed E-state index contributed by atoms with van der Waals surface area (Å²) in [5, 5.41) is 3.04. The van der Waals surface area contributed by atoms with Gasteiger partial charge in [-0.2, -0.15) is 4.98 Å². The van der Waals surface area contributed by atoms with E-state index in [9.17, 15) is 14.2 Å². The Hall–Kier alpha value is -4.00. The van der Waals surface area contributed by atoms with Crippen LogP contribution in [0.25, 0.3) is 22.3 Å². The highest BCUT2D eigenvalue weighted by atomic mass is 35.7. The summed E-state index contributed by atoms with van der Waals surface area (Å²) in [6.45, 7) is 4.39. The van der Waals surface area contributed by atoms with Gasteiger partial charge < -0.3 is 24.2 Å². The molecule has 13 nitrogen and oxygen atoms in total. The Morgan fingerprint density at radius 1 is 1.15 bits per heavy atom. The molecule has 4 aromatic rings. The van der Waals surface area contributed by atoms with Crippen molar-refractivity contribution in [1.29, 1.82) is 0 Å². The van der Waals surface area contributed by atoms with Crippen LogP contribution in [0.4, 0.5) is 10.7 Å². The summed E-state index contributed by atoms with van der Waals surface area (Å²) in [5.41, 5.74) is 4.99. The molecule has 1 aliphatic carbocycles. The zero-order chi connectivity index (χ0) is 33.5. The van der Waals surface area contributed by atoms with Crippen LogP contribution >= 0.6 is 18.1 Å². The molecule has 0 saturated carbocycles. The van der Waals surface area contributed by atoms with Crippen LogP contribution in [0.1, 0.15) is 37.1 Å². The van der Waals surface area contributed by atoms with Gasteiger partial charge in [-0.1, -0.05) is 69.0 Å². The van der Waals surface area contributed by atoms with Gasteiger partial charge in [0.05, 0.1) is 26.0 Å². The third-order valence-corrected chi connectivity index (χ3v) is 11.0. The molecule has 2 aromatic heterocycles. The smallest absolute Gasteiger partial charge is 0.410 e. The molecule has 3 atom stereocenters. The molecule has 248 valence electrons. The molecule has 6 rings (SSSR count). The number of halogens is 1. The first-order chi connectivity index (χ1) is 22.4. The van der Waals surface area contributed by atoms with Gasteiger partial charge in [-0.25, -0.2) is 14.4 Å². The Balaban J connectivity index is 1.26. The van der Waals surface area contributed by atoms with Crippen molar-refractivity contribution in [3.05, 3.63) is 88.6 Å². The third-order valence-electron chi connectivity index (χ3n) is 8.36. The average molecular weight is 682 g/mol. The topological polar surface area (TPSA) is 144 Å². The maximum absolute atomic E-state index is 13.7. The van der Waals surface area contributed by atoms with Crippen molar-refractivity contribution in [1.82, 2.24) is 29.1 Å². The number of ether oxygens (including phenoxy) is 2. The Labute approximate surface area is 276 Å². The molecule has 0 spiro atoms. The quantitative estimate of drug-likeness (QED) is 0.198. The van der Waals surface area contributed by atoms with Gasteiger partial charge in [-0.15, -0.1) is 0 Å². The number of nitrogens with one attached hydrogen (secondary N) is 2. The molecule has 1 aliphatic heterocycles. The minimum atomic E-state index is -3.62. The molecule has 1 amide bonds. The largest absolute Gasteiger partial charge is 0.448 e. The van der Waals surface area contributed by atoms with Gasteiger partial charge in [-0.3, -0.25) is 18.9 Å². The molecule has 2 N–H and O–H groups in total. The number of allylic oxidation sites excluding steroid dienone is 1. The number of benzene rings is 2. The van der Waals surface area contributed by atoms with E-state index in [0.29, 0.717) is 5.70 Å². The van der Waals surface area contributed by atoms with Crippen molar-refractivity contribution >= 4 is 41.3 Å². The summed E-state index contributed by atoms with van der Waals surface area (Å²) in [4.78, 5) is 39.7. The fraction of sp³-hybridized carbons (Fsp3) is 0.375. The van der Waals surface area contributed by atoms with Crippen molar-refractivity contribution in [2.75, 3.05) is 45.7 Å². The van der Waals surface area contributed by atoms with E-state index in [1.165, 1.54) is 15.9 Å². The number of aromatic amines is 1. The zero-order valence-corrected chi connectivity index (χ0v) is 28.2. The number of imidazole rings is 1. The van der Waals surface area contributed by atoms with Gasteiger partial charge in [0.25, 0.3) is 5.56 Å². The number of amides is 1. The van der Waals surface area contributed by atoms with Crippen LogP contribution in [0.15, 0.2) is 71.9 Å². The second-order valence-electron chi connectivity index (χ2n) is 12.1.